The fourth-order valence-corrected chi connectivity index (χ4v) is 3.16. The molecule has 0 amide bonds. The summed E-state index contributed by atoms with van der Waals surface area (Å²) in [6.07, 6.45) is 7.92. The Balaban J connectivity index is 1.59. The molecule has 18 heavy (non-hydrogen) atoms. The van der Waals surface area contributed by atoms with Crippen molar-refractivity contribution in [2.24, 2.45) is 0 Å². The lowest BCUT2D eigenvalue weighted by atomic mass is 10.3. The van der Waals surface area contributed by atoms with Crippen LogP contribution in [0.15, 0.2) is 5.16 Å². The molecule has 2 aliphatic carbocycles. The highest BCUT2D eigenvalue weighted by atomic mass is 32.2. The standard InChI is InChI=1S/C13H18N4S/c14-8-2-1-3-9-18-13-16-15-12(10-4-5-10)17(13)11-6-7-11/h10-11H,1-7,9H2. The monoisotopic (exact) mass is 262 g/mol. The summed E-state index contributed by atoms with van der Waals surface area (Å²) < 4.78 is 2.40. The summed E-state index contributed by atoms with van der Waals surface area (Å²) in [5, 5.41) is 18.4. The van der Waals surface area contributed by atoms with Crippen LogP contribution in [0.3, 0.4) is 0 Å². The molecule has 0 aromatic carbocycles. The molecular formula is C13H18N4S. The van der Waals surface area contributed by atoms with Crippen molar-refractivity contribution < 1.29 is 0 Å². The van der Waals surface area contributed by atoms with Crippen LogP contribution in [0, 0.1) is 11.3 Å². The van der Waals surface area contributed by atoms with Crippen LogP contribution in [-0.2, 0) is 0 Å². The summed E-state index contributed by atoms with van der Waals surface area (Å²) in [6, 6.07) is 2.87. The van der Waals surface area contributed by atoms with Gasteiger partial charge in [-0.05, 0) is 38.5 Å². The number of nitrogens with zero attached hydrogens (tertiary/aromatic N) is 4. The van der Waals surface area contributed by atoms with Crippen LogP contribution in [0.4, 0.5) is 0 Å². The summed E-state index contributed by atoms with van der Waals surface area (Å²) in [5.74, 6) is 2.97. The molecule has 0 saturated heterocycles. The first-order chi connectivity index (χ1) is 8.90. The molecule has 0 spiro atoms. The summed E-state index contributed by atoms with van der Waals surface area (Å²) in [6.45, 7) is 0. The minimum absolute atomic E-state index is 0.670. The molecule has 2 aliphatic rings. The third-order valence-corrected chi connectivity index (χ3v) is 4.49. The van der Waals surface area contributed by atoms with Crippen LogP contribution >= 0.6 is 11.8 Å². The molecule has 1 aromatic rings. The van der Waals surface area contributed by atoms with Crippen LogP contribution in [0.2, 0.25) is 0 Å². The zero-order valence-electron chi connectivity index (χ0n) is 10.5. The Morgan fingerprint density at radius 2 is 2.06 bits per heavy atom. The van der Waals surface area contributed by atoms with E-state index in [4.69, 9.17) is 5.26 Å². The number of thioether (sulfide) groups is 1. The molecule has 3 rings (SSSR count). The molecule has 1 aromatic heterocycles. The van der Waals surface area contributed by atoms with Gasteiger partial charge in [0.15, 0.2) is 5.16 Å². The van der Waals surface area contributed by atoms with E-state index in [0.29, 0.717) is 18.4 Å². The van der Waals surface area contributed by atoms with Crippen molar-refractivity contribution in [2.45, 2.75) is 62.1 Å². The van der Waals surface area contributed by atoms with Gasteiger partial charge >= 0.3 is 0 Å². The van der Waals surface area contributed by atoms with Crippen molar-refractivity contribution in [3.05, 3.63) is 5.82 Å². The van der Waals surface area contributed by atoms with Crippen molar-refractivity contribution in [3.8, 4) is 6.07 Å². The normalized spacial score (nSPS) is 18.8. The van der Waals surface area contributed by atoms with E-state index in [9.17, 15) is 0 Å². The Morgan fingerprint density at radius 3 is 2.72 bits per heavy atom. The third kappa shape index (κ3) is 2.69. The SMILES string of the molecule is N#CCCCCSc1nnc(C2CC2)n1C1CC1. The van der Waals surface area contributed by atoms with Gasteiger partial charge in [0.1, 0.15) is 5.82 Å². The van der Waals surface area contributed by atoms with E-state index in [0.717, 1.165) is 23.8 Å². The number of hydrogen-bond acceptors (Lipinski definition) is 4. The highest BCUT2D eigenvalue weighted by Crippen LogP contribution is 2.46. The van der Waals surface area contributed by atoms with E-state index in [1.165, 1.54) is 31.5 Å². The zero-order chi connectivity index (χ0) is 12.4. The van der Waals surface area contributed by atoms with Crippen molar-refractivity contribution in [1.82, 2.24) is 14.8 Å². The van der Waals surface area contributed by atoms with E-state index in [-0.39, 0.29) is 0 Å². The van der Waals surface area contributed by atoms with Crippen molar-refractivity contribution in [3.63, 3.8) is 0 Å². The molecule has 1 heterocycles. The van der Waals surface area contributed by atoms with Gasteiger partial charge in [0, 0.05) is 24.1 Å². The smallest absolute Gasteiger partial charge is 0.191 e. The van der Waals surface area contributed by atoms with E-state index in [1.807, 2.05) is 11.8 Å². The van der Waals surface area contributed by atoms with Crippen LogP contribution < -0.4 is 0 Å². The lowest BCUT2D eigenvalue weighted by Gasteiger charge is -2.07. The Kier molecular flexibility index (Phi) is 3.55. The van der Waals surface area contributed by atoms with Gasteiger partial charge in [0.05, 0.1) is 6.07 Å². The van der Waals surface area contributed by atoms with Crippen LogP contribution in [-0.4, -0.2) is 20.5 Å². The van der Waals surface area contributed by atoms with Gasteiger partial charge in [0.2, 0.25) is 0 Å². The molecule has 0 radical (unpaired) electrons. The fraction of sp³-hybridized carbons (Fsp3) is 0.769. The molecule has 0 atom stereocenters. The molecular weight excluding hydrogens is 244 g/mol. The van der Waals surface area contributed by atoms with Gasteiger partial charge in [-0.15, -0.1) is 10.2 Å². The summed E-state index contributed by atoms with van der Waals surface area (Å²) >= 11 is 1.81. The summed E-state index contributed by atoms with van der Waals surface area (Å²) in [7, 11) is 0. The number of rotatable bonds is 7. The van der Waals surface area contributed by atoms with Crippen molar-refractivity contribution in [1.29, 1.82) is 5.26 Å². The lowest BCUT2D eigenvalue weighted by Crippen LogP contribution is -2.02. The second-order valence-corrected chi connectivity index (χ2v) is 6.24. The van der Waals surface area contributed by atoms with Crippen molar-refractivity contribution in [2.75, 3.05) is 5.75 Å². The zero-order valence-corrected chi connectivity index (χ0v) is 11.3. The van der Waals surface area contributed by atoms with Gasteiger partial charge in [-0.3, -0.25) is 0 Å². The third-order valence-electron chi connectivity index (χ3n) is 3.46. The van der Waals surface area contributed by atoms with Gasteiger partial charge in [0.25, 0.3) is 0 Å². The maximum Gasteiger partial charge on any atom is 0.191 e. The molecule has 96 valence electrons. The topological polar surface area (TPSA) is 54.5 Å². The predicted molar refractivity (Wildman–Crippen MR) is 70.5 cm³/mol. The number of unbranched alkanes of at least 4 members (excludes halogenated alkanes) is 2. The van der Waals surface area contributed by atoms with E-state index < -0.39 is 0 Å². The summed E-state index contributed by atoms with van der Waals surface area (Å²) in [4.78, 5) is 0. The number of aromatic nitrogens is 3. The molecule has 2 saturated carbocycles. The number of nitriles is 1. The maximum absolute atomic E-state index is 8.50. The van der Waals surface area contributed by atoms with Gasteiger partial charge in [-0.25, -0.2) is 0 Å². The molecule has 0 N–H and O–H groups in total. The fourth-order valence-electron chi connectivity index (χ4n) is 2.15. The van der Waals surface area contributed by atoms with Gasteiger partial charge in [-0.2, -0.15) is 5.26 Å². The first kappa shape index (κ1) is 12.0. The molecule has 0 unspecified atom stereocenters. The molecule has 0 bridgehead atoms. The average molecular weight is 262 g/mol. The second kappa shape index (κ2) is 5.31. The Labute approximate surface area is 112 Å². The lowest BCUT2D eigenvalue weighted by molar-refractivity contribution is 0.626. The molecule has 5 heteroatoms. The average Bonchev–Trinajstić information content (AvgIpc) is 3.28. The van der Waals surface area contributed by atoms with Gasteiger partial charge < -0.3 is 4.57 Å². The minimum atomic E-state index is 0.670. The van der Waals surface area contributed by atoms with E-state index in [1.54, 1.807) is 0 Å². The van der Waals surface area contributed by atoms with Crippen LogP contribution in [0.1, 0.15) is 62.7 Å². The maximum atomic E-state index is 8.50. The largest absolute Gasteiger partial charge is 0.303 e. The van der Waals surface area contributed by atoms with Gasteiger partial charge in [-0.1, -0.05) is 11.8 Å². The molecule has 2 fully saturated rings. The Hall–Kier alpha value is -1.02. The highest BCUT2D eigenvalue weighted by molar-refractivity contribution is 7.99. The van der Waals surface area contributed by atoms with E-state index >= 15 is 0 Å². The van der Waals surface area contributed by atoms with E-state index in [2.05, 4.69) is 20.8 Å². The Bertz CT molecular complexity index is 454. The minimum Gasteiger partial charge on any atom is -0.303 e. The molecule has 0 aliphatic heterocycles. The summed E-state index contributed by atoms with van der Waals surface area (Å²) in [5.41, 5.74) is 0. The predicted octanol–water partition coefficient (Wildman–Crippen LogP) is 3.28. The van der Waals surface area contributed by atoms with Crippen LogP contribution in [0.5, 0.6) is 0 Å². The quantitative estimate of drug-likeness (QED) is 0.559. The first-order valence-electron chi connectivity index (χ1n) is 6.84. The Morgan fingerprint density at radius 1 is 1.22 bits per heavy atom. The molecule has 4 nitrogen and oxygen atoms in total. The first-order valence-corrected chi connectivity index (χ1v) is 7.83. The number of hydrogen-bond donors (Lipinski definition) is 0. The highest BCUT2D eigenvalue weighted by Gasteiger charge is 2.36. The second-order valence-electron chi connectivity index (χ2n) is 5.18. The van der Waals surface area contributed by atoms with Crippen molar-refractivity contribution >= 4 is 11.8 Å². The van der Waals surface area contributed by atoms with Crippen LogP contribution in [0.25, 0.3) is 0 Å².